The summed E-state index contributed by atoms with van der Waals surface area (Å²) in [6.07, 6.45) is 1.99. The third-order valence-electron chi connectivity index (χ3n) is 4.74. The average molecular weight is 469 g/mol. The maximum atomic E-state index is 14.1. The summed E-state index contributed by atoms with van der Waals surface area (Å²) in [6, 6.07) is 15.0. The monoisotopic (exact) mass is 469 g/mol. The molecule has 2 aromatic rings. The molecule has 1 fully saturated rings. The van der Waals surface area contributed by atoms with Gasteiger partial charge in [0.05, 0.1) is 7.11 Å². The van der Waals surface area contributed by atoms with E-state index in [1.54, 1.807) is 20.2 Å². The molecule has 0 spiro atoms. The average Bonchev–Trinajstić information content (AvgIpc) is 3.43. The van der Waals surface area contributed by atoms with Crippen LogP contribution in [-0.2, 0) is 12.0 Å². The van der Waals surface area contributed by atoms with Crippen LogP contribution >= 0.6 is 24.0 Å². The number of ether oxygens (including phenoxy) is 1. The number of halogens is 2. The molecule has 0 radical (unpaired) electrons. The Morgan fingerprint density at radius 1 is 1.12 bits per heavy atom. The van der Waals surface area contributed by atoms with Gasteiger partial charge in [0.2, 0.25) is 0 Å². The molecule has 6 heteroatoms. The Kier molecular flexibility index (Phi) is 7.25. The van der Waals surface area contributed by atoms with Gasteiger partial charge in [0, 0.05) is 25.6 Å². The second kappa shape index (κ2) is 9.21. The lowest BCUT2D eigenvalue weighted by atomic mass is 9.95. The summed E-state index contributed by atoms with van der Waals surface area (Å²) in [7, 11) is 3.40. The van der Waals surface area contributed by atoms with E-state index >= 15 is 0 Å². The van der Waals surface area contributed by atoms with E-state index in [0.29, 0.717) is 13.1 Å². The van der Waals surface area contributed by atoms with Crippen molar-refractivity contribution in [3.05, 3.63) is 65.5 Å². The predicted octanol–water partition coefficient (Wildman–Crippen LogP) is 3.85. The first kappa shape index (κ1) is 20.5. The summed E-state index contributed by atoms with van der Waals surface area (Å²) in [6.45, 7) is 1.34. The van der Waals surface area contributed by atoms with Gasteiger partial charge in [0.25, 0.3) is 0 Å². The van der Waals surface area contributed by atoms with Crippen LogP contribution in [0.25, 0.3) is 0 Å². The molecule has 1 aliphatic carbocycles. The molecular formula is C20H25FIN3O. The number of aliphatic imine (C=N–C) groups is 1. The highest BCUT2D eigenvalue weighted by atomic mass is 127. The zero-order chi connectivity index (χ0) is 17.7. The first-order valence-corrected chi connectivity index (χ1v) is 8.49. The summed E-state index contributed by atoms with van der Waals surface area (Å²) >= 11 is 0. The van der Waals surface area contributed by atoms with Crippen LogP contribution < -0.4 is 15.4 Å². The van der Waals surface area contributed by atoms with Gasteiger partial charge in [-0.3, -0.25) is 4.99 Å². The molecule has 3 rings (SSSR count). The highest BCUT2D eigenvalue weighted by molar-refractivity contribution is 14.0. The van der Waals surface area contributed by atoms with E-state index in [9.17, 15) is 4.39 Å². The Hall–Kier alpha value is -1.83. The van der Waals surface area contributed by atoms with E-state index in [1.165, 1.54) is 6.07 Å². The van der Waals surface area contributed by atoms with Crippen molar-refractivity contribution in [3.63, 3.8) is 0 Å². The lowest BCUT2D eigenvalue weighted by Gasteiger charge is -2.19. The molecule has 0 aliphatic heterocycles. The Labute approximate surface area is 171 Å². The van der Waals surface area contributed by atoms with Gasteiger partial charge in [-0.25, -0.2) is 4.39 Å². The molecule has 1 saturated carbocycles. The number of rotatable bonds is 6. The normalized spacial score (nSPS) is 15.0. The highest BCUT2D eigenvalue weighted by Gasteiger charge is 2.45. The van der Waals surface area contributed by atoms with Crippen LogP contribution in [0.4, 0.5) is 4.39 Å². The molecule has 0 bridgehead atoms. The Morgan fingerprint density at radius 3 is 2.38 bits per heavy atom. The number of guanidine groups is 1. The summed E-state index contributed by atoms with van der Waals surface area (Å²) in [5.74, 6) is 1.44. The molecule has 0 atom stereocenters. The molecule has 1 aliphatic rings. The van der Waals surface area contributed by atoms with Crippen LogP contribution in [-0.4, -0.2) is 26.7 Å². The van der Waals surface area contributed by atoms with E-state index in [2.05, 4.69) is 15.6 Å². The van der Waals surface area contributed by atoms with E-state index < -0.39 is 0 Å². The zero-order valence-corrected chi connectivity index (χ0v) is 17.4. The number of nitrogens with zero attached hydrogens (tertiary/aromatic N) is 1. The van der Waals surface area contributed by atoms with Crippen molar-refractivity contribution in [3.8, 4) is 5.75 Å². The Balaban J connectivity index is 0.00000243. The minimum atomic E-state index is -0.122. The molecule has 2 aromatic carbocycles. The molecule has 0 heterocycles. The first-order valence-electron chi connectivity index (χ1n) is 8.49. The number of methoxy groups -OCH3 is 1. The van der Waals surface area contributed by atoms with Gasteiger partial charge < -0.3 is 15.4 Å². The molecule has 0 saturated heterocycles. The van der Waals surface area contributed by atoms with E-state index in [1.807, 2.05) is 36.4 Å². The second-order valence-corrected chi connectivity index (χ2v) is 6.39. The van der Waals surface area contributed by atoms with Crippen LogP contribution in [0.15, 0.2) is 53.5 Å². The third kappa shape index (κ3) is 4.87. The van der Waals surface area contributed by atoms with Crippen molar-refractivity contribution in [1.29, 1.82) is 0 Å². The van der Waals surface area contributed by atoms with Gasteiger partial charge in [0.15, 0.2) is 5.96 Å². The van der Waals surface area contributed by atoms with Gasteiger partial charge in [-0.05, 0) is 42.2 Å². The quantitative estimate of drug-likeness (QED) is 0.384. The van der Waals surface area contributed by atoms with Crippen LogP contribution in [0.5, 0.6) is 5.75 Å². The summed E-state index contributed by atoms with van der Waals surface area (Å²) in [4.78, 5) is 4.26. The molecule has 4 nitrogen and oxygen atoms in total. The van der Waals surface area contributed by atoms with Gasteiger partial charge in [-0.1, -0.05) is 30.3 Å². The summed E-state index contributed by atoms with van der Waals surface area (Å²) < 4.78 is 19.2. The van der Waals surface area contributed by atoms with Crippen molar-refractivity contribution in [2.24, 2.45) is 4.99 Å². The number of benzene rings is 2. The topological polar surface area (TPSA) is 45.7 Å². The van der Waals surface area contributed by atoms with Gasteiger partial charge in [-0.2, -0.15) is 0 Å². The maximum absolute atomic E-state index is 14.1. The fraction of sp³-hybridized carbons (Fsp3) is 0.350. The predicted molar refractivity (Wildman–Crippen MR) is 114 cm³/mol. The van der Waals surface area contributed by atoms with E-state index in [4.69, 9.17) is 4.74 Å². The minimum Gasteiger partial charge on any atom is -0.497 e. The molecular weight excluding hydrogens is 444 g/mol. The summed E-state index contributed by atoms with van der Waals surface area (Å²) in [5.41, 5.74) is 1.83. The number of nitrogens with one attached hydrogen (secondary N) is 2. The van der Waals surface area contributed by atoms with Crippen molar-refractivity contribution < 1.29 is 9.13 Å². The molecule has 0 aromatic heterocycles. The van der Waals surface area contributed by atoms with Crippen molar-refractivity contribution >= 4 is 29.9 Å². The molecule has 2 N–H and O–H groups in total. The molecule has 140 valence electrons. The largest absolute Gasteiger partial charge is 0.497 e. The number of hydrogen-bond acceptors (Lipinski definition) is 2. The van der Waals surface area contributed by atoms with Crippen molar-refractivity contribution in [2.75, 3.05) is 20.7 Å². The molecule has 0 amide bonds. The van der Waals surface area contributed by atoms with Gasteiger partial charge >= 0.3 is 0 Å². The smallest absolute Gasteiger partial charge is 0.191 e. The maximum Gasteiger partial charge on any atom is 0.191 e. The summed E-state index contributed by atoms with van der Waals surface area (Å²) in [5, 5.41) is 6.63. The molecule has 0 unspecified atom stereocenters. The fourth-order valence-corrected chi connectivity index (χ4v) is 2.99. The molecule has 26 heavy (non-hydrogen) atoms. The van der Waals surface area contributed by atoms with Gasteiger partial charge in [0.1, 0.15) is 11.6 Å². The van der Waals surface area contributed by atoms with Crippen LogP contribution in [0.1, 0.15) is 24.0 Å². The van der Waals surface area contributed by atoms with Gasteiger partial charge in [-0.15, -0.1) is 24.0 Å². The van der Waals surface area contributed by atoms with Crippen LogP contribution in [0, 0.1) is 5.82 Å². The Morgan fingerprint density at radius 2 is 1.81 bits per heavy atom. The lowest BCUT2D eigenvalue weighted by Crippen LogP contribution is -2.41. The van der Waals surface area contributed by atoms with E-state index in [-0.39, 0.29) is 35.2 Å². The van der Waals surface area contributed by atoms with Crippen LogP contribution in [0.2, 0.25) is 0 Å². The SMILES string of the molecule is CN=C(NCc1ccc(OC)cc1)NCC1(c2ccccc2F)CC1.I. The standard InChI is InChI=1S/C20H24FN3O.HI/c1-22-19(23-13-15-7-9-16(25-2)10-8-15)24-14-20(11-12-20)17-5-3-4-6-18(17)21;/h3-10H,11-14H2,1-2H3,(H2,22,23,24);1H. The minimum absolute atomic E-state index is 0. The Bertz CT molecular complexity index is 745. The number of hydrogen-bond donors (Lipinski definition) is 2. The van der Waals surface area contributed by atoms with Crippen LogP contribution in [0.3, 0.4) is 0 Å². The fourth-order valence-electron chi connectivity index (χ4n) is 2.99. The van der Waals surface area contributed by atoms with E-state index in [0.717, 1.165) is 35.7 Å². The van der Waals surface area contributed by atoms with Crippen molar-refractivity contribution in [2.45, 2.75) is 24.8 Å². The van der Waals surface area contributed by atoms with Crippen molar-refractivity contribution in [1.82, 2.24) is 10.6 Å². The highest BCUT2D eigenvalue weighted by Crippen LogP contribution is 2.48. The second-order valence-electron chi connectivity index (χ2n) is 6.39. The lowest BCUT2D eigenvalue weighted by molar-refractivity contribution is 0.414. The third-order valence-corrected chi connectivity index (χ3v) is 4.74. The zero-order valence-electron chi connectivity index (χ0n) is 15.1. The first-order chi connectivity index (χ1) is 12.2.